The Hall–Kier alpha value is 0.820. The first kappa shape index (κ1) is 23.8. The maximum Gasteiger partial charge on any atom is 0.316 e. The molecule has 12 heteroatoms. The second-order valence-corrected chi connectivity index (χ2v) is 8.49. The minimum Gasteiger partial charge on any atom is -0.395 e. The molecule has 2 nitrogen and oxygen atoms in total. The molecular weight excluding hydrogens is 570 g/mol. The average Bonchev–Trinajstić information content (AvgIpc) is 2.35. The standard InChI is InChI=1S/C11H14F8I2O2/c12-8(13,1-6(20)3-22)10(16,17)5-11(18,19)9(14,15)2-7(21)4-23/h6-7,22-23H,1-5H2/t6-,7+. The van der Waals surface area contributed by atoms with Gasteiger partial charge in [-0.1, -0.05) is 45.2 Å². The van der Waals surface area contributed by atoms with E-state index in [1.54, 1.807) is 0 Å². The smallest absolute Gasteiger partial charge is 0.316 e. The van der Waals surface area contributed by atoms with Crippen LogP contribution in [-0.2, 0) is 0 Å². The third kappa shape index (κ3) is 6.56. The van der Waals surface area contributed by atoms with Gasteiger partial charge in [0.25, 0.3) is 0 Å². The molecule has 0 saturated heterocycles. The summed E-state index contributed by atoms with van der Waals surface area (Å²) in [5, 5.41) is 17.1. The zero-order valence-electron chi connectivity index (χ0n) is 11.4. The van der Waals surface area contributed by atoms with E-state index in [0.29, 0.717) is 0 Å². The van der Waals surface area contributed by atoms with E-state index in [-0.39, 0.29) is 0 Å². The van der Waals surface area contributed by atoms with Crippen LogP contribution in [0.1, 0.15) is 19.3 Å². The van der Waals surface area contributed by atoms with Crippen molar-refractivity contribution in [3.8, 4) is 0 Å². The predicted octanol–water partition coefficient (Wildman–Crippen LogP) is 4.29. The molecule has 0 unspecified atom stereocenters. The van der Waals surface area contributed by atoms with E-state index >= 15 is 0 Å². The number of aliphatic hydroxyl groups excluding tert-OH is 2. The van der Waals surface area contributed by atoms with Crippen LogP contribution in [0.25, 0.3) is 0 Å². The lowest BCUT2D eigenvalue weighted by Crippen LogP contribution is -2.52. The quantitative estimate of drug-likeness (QED) is 0.229. The van der Waals surface area contributed by atoms with Gasteiger partial charge in [-0.05, 0) is 0 Å². The highest BCUT2D eigenvalue weighted by molar-refractivity contribution is 14.1. The molecule has 0 aromatic carbocycles. The van der Waals surface area contributed by atoms with Crippen molar-refractivity contribution >= 4 is 45.2 Å². The van der Waals surface area contributed by atoms with E-state index in [2.05, 4.69) is 0 Å². The molecule has 0 fully saturated rings. The van der Waals surface area contributed by atoms with Crippen molar-refractivity contribution in [3.05, 3.63) is 0 Å². The van der Waals surface area contributed by atoms with Crippen LogP contribution >= 0.6 is 45.2 Å². The van der Waals surface area contributed by atoms with Gasteiger partial charge in [0.15, 0.2) is 0 Å². The van der Waals surface area contributed by atoms with Crippen molar-refractivity contribution in [2.45, 2.75) is 50.8 Å². The van der Waals surface area contributed by atoms with Crippen LogP contribution in [0.5, 0.6) is 0 Å². The van der Waals surface area contributed by atoms with Gasteiger partial charge in [0, 0.05) is 20.7 Å². The van der Waals surface area contributed by atoms with E-state index < -0.39 is 64.0 Å². The van der Waals surface area contributed by atoms with Crippen molar-refractivity contribution < 1.29 is 45.3 Å². The first-order valence-electron chi connectivity index (χ1n) is 6.13. The van der Waals surface area contributed by atoms with Gasteiger partial charge in [-0.2, -0.15) is 35.1 Å². The van der Waals surface area contributed by atoms with Crippen molar-refractivity contribution in [1.82, 2.24) is 0 Å². The Morgan fingerprint density at radius 3 is 1.09 bits per heavy atom. The van der Waals surface area contributed by atoms with Crippen LogP contribution in [0.15, 0.2) is 0 Å². The lowest BCUT2D eigenvalue weighted by atomic mass is 9.95. The number of aliphatic hydroxyl groups is 2. The van der Waals surface area contributed by atoms with Crippen molar-refractivity contribution in [2.75, 3.05) is 13.2 Å². The normalized spacial score (nSPS) is 17.2. The second-order valence-electron chi connectivity index (χ2n) is 4.96. The largest absolute Gasteiger partial charge is 0.395 e. The highest BCUT2D eigenvalue weighted by Crippen LogP contribution is 2.50. The lowest BCUT2D eigenvalue weighted by Gasteiger charge is -2.34. The number of alkyl halides is 10. The highest BCUT2D eigenvalue weighted by Gasteiger charge is 2.67. The molecule has 2 N–H and O–H groups in total. The van der Waals surface area contributed by atoms with E-state index in [9.17, 15) is 35.1 Å². The Morgan fingerprint density at radius 1 is 0.609 bits per heavy atom. The molecular formula is C11H14F8I2O2. The van der Waals surface area contributed by atoms with Gasteiger partial charge in [0.05, 0.1) is 19.6 Å². The first-order chi connectivity index (χ1) is 10.1. The number of halogens is 10. The Balaban J connectivity index is 5.24. The predicted molar refractivity (Wildman–Crippen MR) is 83.4 cm³/mol. The Bertz CT molecular complexity index is 347. The highest BCUT2D eigenvalue weighted by atomic mass is 127. The summed E-state index contributed by atoms with van der Waals surface area (Å²) in [6.45, 7) is -1.79. The summed E-state index contributed by atoms with van der Waals surface area (Å²) in [6, 6.07) is 0. The summed E-state index contributed by atoms with van der Waals surface area (Å²) in [6.07, 6.45) is -6.31. The third-order valence-electron chi connectivity index (χ3n) is 2.87. The molecule has 0 aliphatic carbocycles. The van der Waals surface area contributed by atoms with E-state index in [0.717, 1.165) is 0 Å². The Labute approximate surface area is 154 Å². The molecule has 0 aromatic rings. The fourth-order valence-electron chi connectivity index (χ4n) is 1.52. The minimum absolute atomic E-state index is 0.897. The maximum absolute atomic E-state index is 13.4. The molecule has 0 rings (SSSR count). The Kier molecular flexibility index (Phi) is 8.77. The van der Waals surface area contributed by atoms with Gasteiger partial charge in [-0.3, -0.25) is 0 Å². The SMILES string of the molecule is OC[C@@H](I)CC(F)(F)C(F)(F)CC(F)(F)C(F)(F)C[C@@H](I)CO. The van der Waals surface area contributed by atoms with Crippen LogP contribution in [0.4, 0.5) is 35.1 Å². The summed E-state index contributed by atoms with van der Waals surface area (Å²) in [5.41, 5.74) is 0. The number of hydrogen-bond donors (Lipinski definition) is 2. The van der Waals surface area contributed by atoms with Crippen LogP contribution in [0.2, 0.25) is 0 Å². The maximum atomic E-state index is 13.4. The van der Waals surface area contributed by atoms with Gasteiger partial charge in [0.2, 0.25) is 0 Å². The topological polar surface area (TPSA) is 40.5 Å². The van der Waals surface area contributed by atoms with Crippen LogP contribution in [0, 0.1) is 0 Å². The minimum atomic E-state index is -5.39. The van der Waals surface area contributed by atoms with Crippen molar-refractivity contribution in [2.24, 2.45) is 0 Å². The molecule has 0 heterocycles. The van der Waals surface area contributed by atoms with Crippen molar-refractivity contribution in [3.63, 3.8) is 0 Å². The molecule has 0 aromatic heterocycles. The zero-order valence-corrected chi connectivity index (χ0v) is 15.7. The van der Waals surface area contributed by atoms with Gasteiger partial charge < -0.3 is 10.2 Å². The van der Waals surface area contributed by atoms with Crippen LogP contribution in [-0.4, -0.2) is 55.0 Å². The summed E-state index contributed by atoms with van der Waals surface area (Å²) >= 11 is 2.43. The fraction of sp³-hybridized carbons (Fsp3) is 1.00. The van der Waals surface area contributed by atoms with Gasteiger partial charge in [-0.25, -0.2) is 0 Å². The molecule has 0 radical (unpaired) electrons. The summed E-state index contributed by atoms with van der Waals surface area (Å²) in [5.74, 6) is -20.7. The first-order valence-corrected chi connectivity index (χ1v) is 8.62. The van der Waals surface area contributed by atoms with Gasteiger partial charge in [0.1, 0.15) is 0 Å². The molecule has 2 atom stereocenters. The summed E-state index contributed by atoms with van der Waals surface area (Å²) < 4.78 is 105. The molecule has 0 aliphatic rings. The summed E-state index contributed by atoms with van der Waals surface area (Å²) in [7, 11) is 0. The number of hydrogen-bond acceptors (Lipinski definition) is 2. The third-order valence-corrected chi connectivity index (χ3v) is 4.53. The summed E-state index contributed by atoms with van der Waals surface area (Å²) in [4.78, 5) is 0. The number of rotatable bonds is 10. The molecule has 0 saturated carbocycles. The van der Waals surface area contributed by atoms with Gasteiger partial charge in [-0.15, -0.1) is 0 Å². The molecule has 0 spiro atoms. The molecule has 0 aliphatic heterocycles. The molecule has 0 bridgehead atoms. The van der Waals surface area contributed by atoms with Crippen molar-refractivity contribution in [1.29, 1.82) is 0 Å². The molecule has 140 valence electrons. The average molecular weight is 584 g/mol. The zero-order chi connectivity index (χ0) is 18.7. The fourth-order valence-corrected chi connectivity index (χ4v) is 2.63. The van der Waals surface area contributed by atoms with Crippen LogP contribution in [0.3, 0.4) is 0 Å². The second kappa shape index (κ2) is 8.47. The molecule has 23 heavy (non-hydrogen) atoms. The van der Waals surface area contributed by atoms with E-state index in [1.165, 1.54) is 45.2 Å². The Morgan fingerprint density at radius 2 is 0.870 bits per heavy atom. The monoisotopic (exact) mass is 584 g/mol. The van der Waals surface area contributed by atoms with Gasteiger partial charge >= 0.3 is 23.7 Å². The molecule has 0 amide bonds. The van der Waals surface area contributed by atoms with E-state index in [1.807, 2.05) is 0 Å². The van der Waals surface area contributed by atoms with E-state index in [4.69, 9.17) is 10.2 Å². The lowest BCUT2D eigenvalue weighted by molar-refractivity contribution is -0.283. The van der Waals surface area contributed by atoms with Crippen LogP contribution < -0.4 is 0 Å².